The first-order valence-corrected chi connectivity index (χ1v) is 3.91. The Hall–Kier alpha value is -0.235. The third kappa shape index (κ3) is 2.66. The first kappa shape index (κ1) is 12.8. The van der Waals surface area contributed by atoms with Gasteiger partial charge in [-0.05, 0) is 23.7 Å². The molecule has 0 radical (unpaired) electrons. The maximum absolute atomic E-state index is 10.6. The van der Waals surface area contributed by atoms with Crippen molar-refractivity contribution < 1.29 is 72.8 Å². The fraction of sp³-hybridized carbons (Fsp3) is 0.111. The minimum Gasteiger partial charge on any atom is -0.497 e. The van der Waals surface area contributed by atoms with Gasteiger partial charge >= 0.3 is 64.2 Å². The van der Waals surface area contributed by atoms with Gasteiger partial charge in [-0.15, -0.1) is 0 Å². The van der Waals surface area contributed by atoms with E-state index < -0.39 is 5.97 Å². The summed E-state index contributed by atoms with van der Waals surface area (Å²) in [6.45, 7) is 0. The van der Waals surface area contributed by atoms with E-state index in [4.69, 9.17) is 9.84 Å². The van der Waals surface area contributed by atoms with Crippen LogP contribution in [0.25, 0.3) is 11.0 Å². The van der Waals surface area contributed by atoms with Gasteiger partial charge in [-0.3, -0.25) is 0 Å². The average Bonchev–Trinajstić information content (AvgIpc) is 2.59. The standard InChI is InChI=1S/C9H8N2O3.Rb/c1-14-6-2-5-3-7(9(12)13)11-8(5)10-4-6;/h2-4H,1H3,(H2,10,11,12,13);/q;+1/p-1. The second-order valence-electron chi connectivity index (χ2n) is 2.73. The van der Waals surface area contributed by atoms with Gasteiger partial charge in [0.15, 0.2) is 0 Å². The Morgan fingerprint density at radius 1 is 1.53 bits per heavy atom. The fourth-order valence-electron chi connectivity index (χ4n) is 1.17. The summed E-state index contributed by atoms with van der Waals surface area (Å²) < 4.78 is 4.95. The van der Waals surface area contributed by atoms with Crippen molar-refractivity contribution in [2.24, 2.45) is 0 Å². The monoisotopic (exact) mass is 276 g/mol. The van der Waals surface area contributed by atoms with Crippen molar-refractivity contribution in [3.63, 3.8) is 0 Å². The normalized spacial score (nSPS) is 9.67. The number of ether oxygens (including phenoxy) is 1. The summed E-state index contributed by atoms with van der Waals surface area (Å²) in [5.41, 5.74) is 0.420. The van der Waals surface area contributed by atoms with E-state index in [1.54, 1.807) is 6.07 Å². The number of fused-ring (bicyclic) bond motifs is 1. The number of carboxylic acid groups (broad SMARTS) is 1. The molecule has 0 aliphatic heterocycles. The van der Waals surface area contributed by atoms with Crippen LogP contribution in [0.5, 0.6) is 5.75 Å². The zero-order chi connectivity index (χ0) is 10.1. The third-order valence-electron chi connectivity index (χ3n) is 1.84. The Kier molecular flexibility index (Phi) is 4.45. The van der Waals surface area contributed by atoms with Gasteiger partial charge in [0.2, 0.25) is 0 Å². The molecule has 0 saturated carbocycles. The van der Waals surface area contributed by atoms with Crippen molar-refractivity contribution in [3.8, 4) is 5.75 Å². The van der Waals surface area contributed by atoms with Crippen LogP contribution < -0.4 is 67.9 Å². The van der Waals surface area contributed by atoms with Crippen LogP contribution in [-0.2, 0) is 0 Å². The zero-order valence-electron chi connectivity index (χ0n) is 8.39. The third-order valence-corrected chi connectivity index (χ3v) is 1.84. The summed E-state index contributed by atoms with van der Waals surface area (Å²) in [5.74, 6) is -0.469. The molecule has 0 aromatic carbocycles. The molecule has 0 fully saturated rings. The number of hydrogen-bond acceptors (Lipinski definition) is 3. The molecular formula is C9H7N2O3Rb. The number of aromatic carboxylic acids is 1. The van der Waals surface area contributed by atoms with E-state index in [0.717, 1.165) is 0 Å². The molecule has 0 atom stereocenters. The number of pyridine rings is 1. The van der Waals surface area contributed by atoms with Crippen molar-refractivity contribution in [3.05, 3.63) is 24.0 Å². The SMILES string of the molecule is COc1cnc2[n-]c(C(=O)O)cc2c1.[Rb+]. The number of methoxy groups -OCH3 is 1. The zero-order valence-corrected chi connectivity index (χ0v) is 13.3. The van der Waals surface area contributed by atoms with Crippen LogP contribution in [0.4, 0.5) is 0 Å². The Morgan fingerprint density at radius 3 is 2.87 bits per heavy atom. The molecule has 2 heterocycles. The number of aromatic nitrogens is 2. The van der Waals surface area contributed by atoms with Crippen LogP contribution in [0.3, 0.4) is 0 Å². The van der Waals surface area contributed by atoms with Gasteiger partial charge in [-0.25, -0.2) is 4.79 Å². The molecule has 2 aromatic rings. The van der Waals surface area contributed by atoms with Crippen LogP contribution in [0.2, 0.25) is 0 Å². The van der Waals surface area contributed by atoms with Gasteiger partial charge in [-0.1, -0.05) is 5.65 Å². The first-order valence-electron chi connectivity index (χ1n) is 3.91. The number of rotatable bonds is 2. The van der Waals surface area contributed by atoms with Crippen LogP contribution >= 0.6 is 0 Å². The van der Waals surface area contributed by atoms with E-state index in [1.165, 1.54) is 19.4 Å². The molecular weight excluding hydrogens is 270 g/mol. The van der Waals surface area contributed by atoms with E-state index >= 15 is 0 Å². The molecule has 0 amide bonds. The van der Waals surface area contributed by atoms with E-state index in [0.29, 0.717) is 16.8 Å². The summed E-state index contributed by atoms with van der Waals surface area (Å²) in [6.07, 6.45) is 1.50. The summed E-state index contributed by atoms with van der Waals surface area (Å²) in [5, 5.41) is 9.36. The number of nitrogens with zero attached hydrogens (tertiary/aromatic N) is 2. The summed E-state index contributed by atoms with van der Waals surface area (Å²) in [7, 11) is 1.53. The molecule has 0 spiro atoms. The minimum atomic E-state index is -1.05. The summed E-state index contributed by atoms with van der Waals surface area (Å²) in [4.78, 5) is 18.4. The molecule has 0 aliphatic rings. The van der Waals surface area contributed by atoms with Gasteiger partial charge in [0, 0.05) is 5.69 Å². The molecule has 15 heavy (non-hydrogen) atoms. The van der Waals surface area contributed by atoms with E-state index in [2.05, 4.69) is 9.97 Å². The second-order valence-corrected chi connectivity index (χ2v) is 2.73. The minimum absolute atomic E-state index is 0. The molecule has 72 valence electrons. The van der Waals surface area contributed by atoms with Crippen molar-refractivity contribution in [2.75, 3.05) is 7.11 Å². The van der Waals surface area contributed by atoms with Gasteiger partial charge in [-0.2, -0.15) is 0 Å². The molecule has 0 saturated heterocycles. The molecule has 0 unspecified atom stereocenters. The van der Waals surface area contributed by atoms with Gasteiger partial charge in [0.25, 0.3) is 0 Å². The molecule has 5 nitrogen and oxygen atoms in total. The number of carboxylic acids is 1. The average molecular weight is 277 g/mol. The van der Waals surface area contributed by atoms with Crippen LogP contribution in [0.1, 0.15) is 10.5 Å². The fourth-order valence-corrected chi connectivity index (χ4v) is 1.17. The molecule has 2 aromatic heterocycles. The molecule has 1 N–H and O–H groups in total. The topological polar surface area (TPSA) is 73.5 Å². The largest absolute Gasteiger partial charge is 1.00 e. The van der Waals surface area contributed by atoms with E-state index in [1.807, 2.05) is 0 Å². The number of carbonyl (C=O) groups is 1. The predicted molar refractivity (Wildman–Crippen MR) is 48.6 cm³/mol. The molecule has 0 aliphatic carbocycles. The summed E-state index contributed by atoms with van der Waals surface area (Å²) in [6, 6.07) is 3.16. The molecule has 6 heteroatoms. The van der Waals surface area contributed by atoms with Crippen molar-refractivity contribution in [2.45, 2.75) is 0 Å². The van der Waals surface area contributed by atoms with E-state index in [9.17, 15) is 4.79 Å². The van der Waals surface area contributed by atoms with Crippen molar-refractivity contribution >= 4 is 17.0 Å². The van der Waals surface area contributed by atoms with Gasteiger partial charge in [0.1, 0.15) is 5.75 Å². The smallest absolute Gasteiger partial charge is 0.497 e. The molecule has 2 rings (SSSR count). The quantitative estimate of drug-likeness (QED) is 0.680. The second kappa shape index (κ2) is 5.20. The van der Waals surface area contributed by atoms with Crippen LogP contribution in [0.15, 0.2) is 18.3 Å². The molecule has 0 bridgehead atoms. The maximum atomic E-state index is 10.6. The predicted octanol–water partition coefficient (Wildman–Crippen LogP) is -2.10. The van der Waals surface area contributed by atoms with E-state index in [-0.39, 0.29) is 63.9 Å². The summed E-state index contributed by atoms with van der Waals surface area (Å²) >= 11 is 0. The Balaban J connectivity index is 0.00000112. The van der Waals surface area contributed by atoms with Crippen molar-refractivity contribution in [1.29, 1.82) is 0 Å². The van der Waals surface area contributed by atoms with Gasteiger partial charge in [0.05, 0.1) is 7.11 Å². The first-order chi connectivity index (χ1) is 6.70. The maximum Gasteiger partial charge on any atom is 1.00 e. The van der Waals surface area contributed by atoms with Gasteiger partial charge < -0.3 is 19.8 Å². The van der Waals surface area contributed by atoms with Crippen molar-refractivity contribution in [1.82, 2.24) is 9.97 Å². The Morgan fingerprint density at radius 2 is 2.27 bits per heavy atom. The Bertz CT molecular complexity index is 495. The van der Waals surface area contributed by atoms with Crippen LogP contribution in [0, 0.1) is 0 Å². The van der Waals surface area contributed by atoms with Crippen LogP contribution in [-0.4, -0.2) is 23.2 Å². The Labute approximate surface area is 135 Å². The number of hydrogen-bond donors (Lipinski definition) is 1.